The highest BCUT2D eigenvalue weighted by molar-refractivity contribution is 7.98. The minimum absolute atomic E-state index is 0.250. The molecule has 118 valence electrons. The molecule has 1 N–H and O–H groups in total. The van der Waals surface area contributed by atoms with E-state index in [0.717, 1.165) is 5.16 Å². The summed E-state index contributed by atoms with van der Waals surface area (Å²) < 4.78 is 6.46. The van der Waals surface area contributed by atoms with Gasteiger partial charge in [-0.3, -0.25) is 4.79 Å². The highest BCUT2D eigenvalue weighted by atomic mass is 32.2. The van der Waals surface area contributed by atoms with Crippen molar-refractivity contribution in [1.82, 2.24) is 24.7 Å². The second kappa shape index (κ2) is 6.21. The Labute approximate surface area is 134 Å². The largest absolute Gasteiger partial charge is 0.465 e. The summed E-state index contributed by atoms with van der Waals surface area (Å²) in [7, 11) is 3.14. The Morgan fingerprint density at radius 2 is 2.26 bits per heavy atom. The van der Waals surface area contributed by atoms with Gasteiger partial charge in [0, 0.05) is 7.05 Å². The number of benzene rings is 1. The molecule has 0 aliphatic rings. The number of methoxy groups -OCH3 is 1. The second-order valence-electron chi connectivity index (χ2n) is 4.75. The van der Waals surface area contributed by atoms with E-state index < -0.39 is 5.97 Å². The Hall–Kier alpha value is -2.68. The predicted molar refractivity (Wildman–Crippen MR) is 84.3 cm³/mol. The van der Waals surface area contributed by atoms with Crippen LogP contribution in [0, 0.1) is 0 Å². The van der Waals surface area contributed by atoms with Crippen molar-refractivity contribution in [3.63, 3.8) is 0 Å². The fourth-order valence-corrected chi connectivity index (χ4v) is 2.80. The zero-order valence-corrected chi connectivity index (χ0v) is 13.3. The van der Waals surface area contributed by atoms with Crippen LogP contribution in [0.2, 0.25) is 0 Å². The second-order valence-corrected chi connectivity index (χ2v) is 5.69. The van der Waals surface area contributed by atoms with Gasteiger partial charge in [-0.05, 0) is 18.2 Å². The number of aromatic amines is 1. The van der Waals surface area contributed by atoms with Crippen molar-refractivity contribution >= 4 is 28.6 Å². The molecule has 0 radical (unpaired) electrons. The molecule has 0 atom stereocenters. The third-order valence-corrected chi connectivity index (χ3v) is 4.23. The standard InChI is InChI=1S/C14H13N5O3S/c1-19-7-15-18-14(19)23-6-11-16-10-5-8(13(21)22-2)3-4-9(10)12(20)17-11/h3-5,7H,6H2,1-2H3,(H,16,17,20). The molecule has 0 saturated carbocycles. The number of hydrogen-bond acceptors (Lipinski definition) is 7. The fourth-order valence-electron chi connectivity index (χ4n) is 2.04. The lowest BCUT2D eigenvalue weighted by Crippen LogP contribution is -2.12. The number of hydrogen-bond donors (Lipinski definition) is 1. The van der Waals surface area contributed by atoms with Gasteiger partial charge in [-0.15, -0.1) is 10.2 Å². The number of aromatic nitrogens is 5. The SMILES string of the molecule is COC(=O)c1ccc2c(=O)[nH]c(CSc3nncn3C)nc2c1. The quantitative estimate of drug-likeness (QED) is 0.564. The molecule has 0 bridgehead atoms. The van der Waals surface area contributed by atoms with Crippen LogP contribution in [0.3, 0.4) is 0 Å². The Morgan fingerprint density at radius 1 is 1.43 bits per heavy atom. The Morgan fingerprint density at radius 3 is 2.96 bits per heavy atom. The van der Waals surface area contributed by atoms with E-state index in [1.165, 1.54) is 18.9 Å². The molecule has 0 aliphatic heterocycles. The van der Waals surface area contributed by atoms with Gasteiger partial charge in [0.05, 0.1) is 29.3 Å². The normalized spacial score (nSPS) is 10.9. The Kier molecular flexibility index (Phi) is 4.11. The highest BCUT2D eigenvalue weighted by Crippen LogP contribution is 2.18. The van der Waals surface area contributed by atoms with Gasteiger partial charge >= 0.3 is 5.97 Å². The van der Waals surface area contributed by atoms with Crippen LogP contribution in [-0.2, 0) is 17.5 Å². The first-order chi connectivity index (χ1) is 11.1. The minimum Gasteiger partial charge on any atom is -0.465 e. The molecular formula is C14H13N5O3S. The minimum atomic E-state index is -0.469. The van der Waals surface area contributed by atoms with E-state index in [-0.39, 0.29) is 5.56 Å². The molecular weight excluding hydrogens is 318 g/mol. The number of thioether (sulfide) groups is 1. The average molecular weight is 331 g/mol. The molecule has 3 rings (SSSR count). The average Bonchev–Trinajstić information content (AvgIpc) is 2.96. The summed E-state index contributed by atoms with van der Waals surface area (Å²) >= 11 is 1.40. The maximum atomic E-state index is 12.1. The summed E-state index contributed by atoms with van der Waals surface area (Å²) in [5.41, 5.74) is 0.551. The van der Waals surface area contributed by atoms with Gasteiger partial charge in [0.2, 0.25) is 0 Å². The molecule has 3 aromatic rings. The van der Waals surface area contributed by atoms with Crippen LogP contribution in [0.4, 0.5) is 0 Å². The molecule has 0 aliphatic carbocycles. The zero-order valence-electron chi connectivity index (χ0n) is 12.4. The van der Waals surface area contributed by atoms with Gasteiger partial charge in [-0.25, -0.2) is 9.78 Å². The van der Waals surface area contributed by atoms with Crippen LogP contribution < -0.4 is 5.56 Å². The molecule has 0 saturated heterocycles. The molecule has 2 heterocycles. The van der Waals surface area contributed by atoms with Crippen LogP contribution in [-0.4, -0.2) is 37.8 Å². The van der Waals surface area contributed by atoms with Gasteiger partial charge in [0.1, 0.15) is 12.2 Å². The summed E-state index contributed by atoms with van der Waals surface area (Å²) in [5.74, 6) is 0.460. The molecule has 1 aromatic carbocycles. The van der Waals surface area contributed by atoms with Crippen molar-refractivity contribution in [2.75, 3.05) is 7.11 Å². The Balaban J connectivity index is 1.93. The first-order valence-electron chi connectivity index (χ1n) is 6.66. The van der Waals surface area contributed by atoms with E-state index in [0.29, 0.717) is 28.0 Å². The van der Waals surface area contributed by atoms with Gasteiger partial charge in [0.25, 0.3) is 5.56 Å². The molecule has 8 nitrogen and oxygen atoms in total. The van der Waals surface area contributed by atoms with Crippen LogP contribution in [0.1, 0.15) is 16.2 Å². The predicted octanol–water partition coefficient (Wildman–Crippen LogP) is 1.13. The number of carbonyl (C=O) groups is 1. The summed E-state index contributed by atoms with van der Waals surface area (Å²) in [6, 6.07) is 4.65. The number of aryl methyl sites for hydroxylation is 1. The highest BCUT2D eigenvalue weighted by Gasteiger charge is 2.10. The van der Waals surface area contributed by atoms with Crippen molar-refractivity contribution < 1.29 is 9.53 Å². The number of ether oxygens (including phenoxy) is 1. The lowest BCUT2D eigenvalue weighted by Gasteiger charge is -2.04. The number of rotatable bonds is 4. The first kappa shape index (κ1) is 15.2. The van der Waals surface area contributed by atoms with Crippen LogP contribution in [0.15, 0.2) is 34.5 Å². The topological polar surface area (TPSA) is 103 Å². The smallest absolute Gasteiger partial charge is 0.337 e. The number of nitrogens with zero attached hydrogens (tertiary/aromatic N) is 4. The number of carbonyl (C=O) groups excluding carboxylic acids is 1. The molecule has 23 heavy (non-hydrogen) atoms. The van der Waals surface area contributed by atoms with Crippen LogP contribution >= 0.6 is 11.8 Å². The third-order valence-electron chi connectivity index (χ3n) is 3.18. The summed E-state index contributed by atoms with van der Waals surface area (Å²) in [5, 5.41) is 8.89. The summed E-state index contributed by atoms with van der Waals surface area (Å²) in [6.07, 6.45) is 1.60. The van der Waals surface area contributed by atoms with Crippen LogP contribution in [0.25, 0.3) is 10.9 Å². The van der Waals surface area contributed by atoms with Crippen LogP contribution in [0.5, 0.6) is 0 Å². The Bertz CT molecular complexity index is 934. The van der Waals surface area contributed by atoms with E-state index in [9.17, 15) is 9.59 Å². The fraction of sp³-hybridized carbons (Fsp3) is 0.214. The monoisotopic (exact) mass is 331 g/mol. The van der Waals surface area contributed by atoms with Crippen molar-refractivity contribution in [1.29, 1.82) is 0 Å². The van der Waals surface area contributed by atoms with Crippen molar-refractivity contribution in [3.05, 3.63) is 46.3 Å². The van der Waals surface area contributed by atoms with Crippen molar-refractivity contribution in [2.24, 2.45) is 7.05 Å². The maximum absolute atomic E-state index is 12.1. The lowest BCUT2D eigenvalue weighted by atomic mass is 10.1. The van der Waals surface area contributed by atoms with Gasteiger partial charge in [-0.1, -0.05) is 11.8 Å². The third kappa shape index (κ3) is 3.09. The molecule has 9 heteroatoms. The zero-order chi connectivity index (χ0) is 16.4. The maximum Gasteiger partial charge on any atom is 0.337 e. The number of fused-ring (bicyclic) bond motifs is 1. The molecule has 0 spiro atoms. The number of nitrogens with one attached hydrogen (secondary N) is 1. The van der Waals surface area contributed by atoms with Crippen molar-refractivity contribution in [3.8, 4) is 0 Å². The first-order valence-corrected chi connectivity index (χ1v) is 7.65. The summed E-state index contributed by atoms with van der Waals surface area (Å²) in [6.45, 7) is 0. The van der Waals surface area contributed by atoms with E-state index >= 15 is 0 Å². The van der Waals surface area contributed by atoms with E-state index in [2.05, 4.69) is 24.9 Å². The number of esters is 1. The molecule has 0 amide bonds. The summed E-state index contributed by atoms with van der Waals surface area (Å²) in [4.78, 5) is 30.8. The van der Waals surface area contributed by atoms with E-state index in [4.69, 9.17) is 0 Å². The number of H-pyrrole nitrogens is 1. The van der Waals surface area contributed by atoms with Gasteiger partial charge in [0.15, 0.2) is 5.16 Å². The van der Waals surface area contributed by atoms with E-state index in [1.807, 2.05) is 7.05 Å². The van der Waals surface area contributed by atoms with Crippen molar-refractivity contribution in [2.45, 2.75) is 10.9 Å². The molecule has 0 fully saturated rings. The molecule has 2 aromatic heterocycles. The van der Waals surface area contributed by atoms with Gasteiger partial charge < -0.3 is 14.3 Å². The van der Waals surface area contributed by atoms with E-state index in [1.54, 1.807) is 29.1 Å². The molecule has 0 unspecified atom stereocenters. The van der Waals surface area contributed by atoms with Gasteiger partial charge in [-0.2, -0.15) is 0 Å². The lowest BCUT2D eigenvalue weighted by molar-refractivity contribution is 0.0601.